The van der Waals surface area contributed by atoms with Gasteiger partial charge in [0.1, 0.15) is 0 Å². The first-order valence-electron chi connectivity index (χ1n) is 7.63. The predicted octanol–water partition coefficient (Wildman–Crippen LogP) is 4.58. The van der Waals surface area contributed by atoms with Gasteiger partial charge in [0.25, 0.3) is 5.69 Å². The molecule has 134 valence electrons. The fourth-order valence-corrected chi connectivity index (χ4v) is 2.84. The Kier molecular flexibility index (Phi) is 5.51. The number of hydrogen-bond acceptors (Lipinski definition) is 6. The SMILES string of the molecule is CN(Cc1nc(-c2ccccc2Cl)no1)Cc1cc([N+](=O)[O-])ccc1Cl. The van der Waals surface area contributed by atoms with E-state index in [0.29, 0.717) is 46.0 Å². The molecule has 1 heterocycles. The molecule has 26 heavy (non-hydrogen) atoms. The highest BCUT2D eigenvalue weighted by Gasteiger charge is 2.15. The van der Waals surface area contributed by atoms with E-state index in [1.54, 1.807) is 6.07 Å². The highest BCUT2D eigenvalue weighted by atomic mass is 35.5. The van der Waals surface area contributed by atoms with Gasteiger partial charge in [0.05, 0.1) is 16.5 Å². The van der Waals surface area contributed by atoms with Crippen molar-refractivity contribution < 1.29 is 9.45 Å². The standard InChI is InChI=1S/C17H14Cl2N4O3/c1-22(9-11-8-12(23(24)25)6-7-14(11)18)10-16-20-17(21-26-16)13-4-2-3-5-15(13)19/h2-8H,9-10H2,1H3. The van der Waals surface area contributed by atoms with Crippen LogP contribution in [-0.2, 0) is 13.1 Å². The lowest BCUT2D eigenvalue weighted by atomic mass is 10.2. The summed E-state index contributed by atoms with van der Waals surface area (Å²) in [4.78, 5) is 16.7. The number of benzene rings is 2. The van der Waals surface area contributed by atoms with Crippen LogP contribution in [0.2, 0.25) is 10.0 Å². The molecule has 0 saturated carbocycles. The molecule has 0 aliphatic carbocycles. The molecule has 7 nitrogen and oxygen atoms in total. The maximum Gasteiger partial charge on any atom is 0.269 e. The van der Waals surface area contributed by atoms with Crippen LogP contribution < -0.4 is 0 Å². The molecular weight excluding hydrogens is 379 g/mol. The Balaban J connectivity index is 1.71. The van der Waals surface area contributed by atoms with E-state index in [2.05, 4.69) is 10.1 Å². The lowest BCUT2D eigenvalue weighted by molar-refractivity contribution is -0.384. The normalized spacial score (nSPS) is 11.1. The van der Waals surface area contributed by atoms with Crippen LogP contribution in [0.1, 0.15) is 11.5 Å². The number of halogens is 2. The number of aromatic nitrogens is 2. The van der Waals surface area contributed by atoms with Gasteiger partial charge in [-0.05, 0) is 30.8 Å². The molecule has 3 aromatic rings. The lowest BCUT2D eigenvalue weighted by Gasteiger charge is -2.15. The molecule has 0 amide bonds. The van der Waals surface area contributed by atoms with Crippen molar-refractivity contribution in [3.8, 4) is 11.4 Å². The van der Waals surface area contributed by atoms with Gasteiger partial charge >= 0.3 is 0 Å². The van der Waals surface area contributed by atoms with Crippen LogP contribution in [0.5, 0.6) is 0 Å². The molecule has 3 rings (SSSR count). The summed E-state index contributed by atoms with van der Waals surface area (Å²) in [6, 6.07) is 11.6. The molecule has 0 saturated heterocycles. The molecular formula is C17H14Cl2N4O3. The monoisotopic (exact) mass is 392 g/mol. The van der Waals surface area contributed by atoms with Crippen LogP contribution in [0.15, 0.2) is 47.0 Å². The molecule has 9 heteroatoms. The molecule has 0 unspecified atom stereocenters. The van der Waals surface area contributed by atoms with Crippen LogP contribution in [0.4, 0.5) is 5.69 Å². The van der Waals surface area contributed by atoms with E-state index in [4.69, 9.17) is 27.7 Å². The highest BCUT2D eigenvalue weighted by molar-refractivity contribution is 6.33. The van der Waals surface area contributed by atoms with Gasteiger partial charge in [-0.25, -0.2) is 0 Å². The largest absolute Gasteiger partial charge is 0.338 e. The summed E-state index contributed by atoms with van der Waals surface area (Å²) in [5.41, 5.74) is 1.33. The number of nitro groups is 1. The molecule has 0 N–H and O–H groups in total. The van der Waals surface area contributed by atoms with Gasteiger partial charge in [0.15, 0.2) is 0 Å². The molecule has 2 aromatic carbocycles. The zero-order valence-corrected chi connectivity index (χ0v) is 15.2. The van der Waals surface area contributed by atoms with Gasteiger partial charge in [-0.2, -0.15) is 4.98 Å². The van der Waals surface area contributed by atoms with Crippen LogP contribution in [0.25, 0.3) is 11.4 Å². The molecule has 0 bridgehead atoms. The van der Waals surface area contributed by atoms with E-state index >= 15 is 0 Å². The Bertz CT molecular complexity index is 945. The summed E-state index contributed by atoms with van der Waals surface area (Å²) in [6.45, 7) is 0.751. The third-order valence-electron chi connectivity index (χ3n) is 3.67. The van der Waals surface area contributed by atoms with Crippen LogP contribution in [0.3, 0.4) is 0 Å². The van der Waals surface area contributed by atoms with Gasteiger partial charge < -0.3 is 4.52 Å². The molecule has 0 radical (unpaired) electrons. The summed E-state index contributed by atoms with van der Waals surface area (Å²) in [5.74, 6) is 0.816. The van der Waals surface area contributed by atoms with Crippen molar-refractivity contribution in [2.75, 3.05) is 7.05 Å². The number of rotatable bonds is 6. The van der Waals surface area contributed by atoms with E-state index in [-0.39, 0.29) is 5.69 Å². The molecule has 0 atom stereocenters. The third-order valence-corrected chi connectivity index (χ3v) is 4.37. The fraction of sp³-hybridized carbons (Fsp3) is 0.176. The van der Waals surface area contributed by atoms with Crippen molar-refractivity contribution in [1.82, 2.24) is 15.0 Å². The van der Waals surface area contributed by atoms with Gasteiger partial charge in [0, 0.05) is 29.3 Å². The molecule has 0 aliphatic heterocycles. The highest BCUT2D eigenvalue weighted by Crippen LogP contribution is 2.26. The summed E-state index contributed by atoms with van der Waals surface area (Å²) >= 11 is 12.3. The average molecular weight is 393 g/mol. The number of nitrogens with zero attached hydrogens (tertiary/aromatic N) is 4. The van der Waals surface area contributed by atoms with Crippen molar-refractivity contribution in [3.63, 3.8) is 0 Å². The quantitative estimate of drug-likeness (QED) is 0.450. The molecule has 0 spiro atoms. The lowest BCUT2D eigenvalue weighted by Crippen LogP contribution is -2.17. The van der Waals surface area contributed by atoms with Crippen molar-refractivity contribution in [2.45, 2.75) is 13.1 Å². The van der Waals surface area contributed by atoms with E-state index < -0.39 is 4.92 Å². The number of non-ortho nitro benzene ring substituents is 1. The second kappa shape index (κ2) is 7.82. The Morgan fingerprint density at radius 2 is 1.92 bits per heavy atom. The molecule has 0 aliphatic rings. The fourth-order valence-electron chi connectivity index (χ4n) is 2.44. The summed E-state index contributed by atoms with van der Waals surface area (Å²) < 4.78 is 5.27. The zero-order valence-electron chi connectivity index (χ0n) is 13.7. The second-order valence-corrected chi connectivity index (χ2v) is 6.51. The summed E-state index contributed by atoms with van der Waals surface area (Å²) in [7, 11) is 1.83. The first-order chi connectivity index (χ1) is 12.4. The maximum atomic E-state index is 10.9. The van der Waals surface area contributed by atoms with E-state index in [9.17, 15) is 10.1 Å². The summed E-state index contributed by atoms with van der Waals surface area (Å²) in [5, 5.41) is 15.9. The van der Waals surface area contributed by atoms with Gasteiger partial charge in [0.2, 0.25) is 11.7 Å². The average Bonchev–Trinajstić information content (AvgIpc) is 3.05. The van der Waals surface area contributed by atoms with Crippen LogP contribution in [-0.4, -0.2) is 27.0 Å². The smallest absolute Gasteiger partial charge is 0.269 e. The van der Waals surface area contributed by atoms with Crippen molar-refractivity contribution in [1.29, 1.82) is 0 Å². The summed E-state index contributed by atoms with van der Waals surface area (Å²) in [6.07, 6.45) is 0. The Morgan fingerprint density at radius 3 is 2.65 bits per heavy atom. The van der Waals surface area contributed by atoms with Gasteiger partial charge in [-0.1, -0.05) is 40.5 Å². The number of hydrogen-bond donors (Lipinski definition) is 0. The third kappa shape index (κ3) is 4.19. The van der Waals surface area contributed by atoms with Crippen LogP contribution >= 0.6 is 23.2 Å². The Labute approximate surface area is 159 Å². The maximum absolute atomic E-state index is 10.9. The Morgan fingerprint density at radius 1 is 1.15 bits per heavy atom. The minimum Gasteiger partial charge on any atom is -0.338 e. The first kappa shape index (κ1) is 18.3. The van der Waals surface area contributed by atoms with Gasteiger partial charge in [-0.15, -0.1) is 0 Å². The van der Waals surface area contributed by atoms with E-state index in [0.717, 1.165) is 0 Å². The van der Waals surface area contributed by atoms with E-state index in [1.807, 2.05) is 30.1 Å². The molecule has 1 aromatic heterocycles. The second-order valence-electron chi connectivity index (χ2n) is 5.70. The predicted molar refractivity (Wildman–Crippen MR) is 98.0 cm³/mol. The number of nitro benzene ring substituents is 1. The zero-order chi connectivity index (χ0) is 18.7. The first-order valence-corrected chi connectivity index (χ1v) is 8.38. The Hall–Kier alpha value is -2.48. The van der Waals surface area contributed by atoms with Gasteiger partial charge in [-0.3, -0.25) is 15.0 Å². The van der Waals surface area contributed by atoms with Crippen LogP contribution in [0, 0.1) is 10.1 Å². The van der Waals surface area contributed by atoms with E-state index in [1.165, 1.54) is 18.2 Å². The van der Waals surface area contributed by atoms with Crippen molar-refractivity contribution in [2.24, 2.45) is 0 Å². The minimum absolute atomic E-state index is 0.00315. The minimum atomic E-state index is -0.451. The molecule has 0 fully saturated rings. The topological polar surface area (TPSA) is 85.3 Å². The van der Waals surface area contributed by atoms with Crippen molar-refractivity contribution in [3.05, 3.63) is 74.1 Å². The van der Waals surface area contributed by atoms with Crippen molar-refractivity contribution >= 4 is 28.9 Å².